The SMILES string of the molecule is C/C=C\NCC([NH+]=C(N)CC)C1(C)C(O)C(NC(=O)c2cccc3c2OCC[C-]3C)CN1C.CC.CC.C[N-]C1(c2ccccn2)CC1.[U].[W]. The number of amides is 1. The van der Waals surface area contributed by atoms with Crippen molar-refractivity contribution in [1.29, 1.82) is 0 Å². The molecule has 5 rings (SSSR count). The zero-order valence-corrected chi connectivity index (χ0v) is 39.1. The number of para-hydroxylation sites is 1. The van der Waals surface area contributed by atoms with E-state index in [-0.39, 0.29) is 69.7 Å². The van der Waals surface area contributed by atoms with E-state index in [4.69, 9.17) is 10.5 Å². The van der Waals surface area contributed by atoms with Crippen LogP contribution in [0, 0.1) is 37.0 Å². The van der Waals surface area contributed by atoms with E-state index < -0.39 is 17.7 Å². The maximum absolute atomic E-state index is 13.3. The van der Waals surface area contributed by atoms with Crippen molar-refractivity contribution in [3.8, 4) is 5.75 Å². The van der Waals surface area contributed by atoms with Crippen LogP contribution in [0.1, 0.15) is 103 Å². The number of likely N-dealkylation sites (tertiary alicyclic amines) is 1. The summed E-state index contributed by atoms with van der Waals surface area (Å²) >= 11 is 0. The van der Waals surface area contributed by atoms with Crippen molar-refractivity contribution in [2.75, 3.05) is 33.8 Å². The van der Waals surface area contributed by atoms with Gasteiger partial charge in [-0.2, -0.15) is 19.0 Å². The van der Waals surface area contributed by atoms with Crippen molar-refractivity contribution >= 4 is 11.7 Å². The number of likely N-dealkylation sites (N-methyl/N-ethyl adjacent to an activating group) is 1. The third-order valence-electron chi connectivity index (χ3n) is 9.38. The van der Waals surface area contributed by atoms with Crippen molar-refractivity contribution in [2.24, 2.45) is 5.73 Å². The van der Waals surface area contributed by atoms with Gasteiger partial charge in [0.2, 0.25) is 11.7 Å². The molecule has 3 heterocycles. The molecule has 1 aromatic heterocycles. The molecule has 1 saturated carbocycles. The smallest absolute Gasteiger partial charge is 0.242 e. The molecule has 1 saturated heterocycles. The number of aliphatic hydroxyl groups excluding tert-OH is 1. The molecule has 1 aliphatic carbocycles. The summed E-state index contributed by atoms with van der Waals surface area (Å²) in [5, 5.41) is 22.1. The first-order valence-corrected chi connectivity index (χ1v) is 17.6. The second-order valence-electron chi connectivity index (χ2n) is 12.1. The topological polar surface area (TPSA) is 141 Å². The van der Waals surface area contributed by atoms with Crippen molar-refractivity contribution in [3.05, 3.63) is 82.9 Å². The van der Waals surface area contributed by atoms with Crippen LogP contribution in [-0.4, -0.2) is 84.3 Å². The fourth-order valence-electron chi connectivity index (χ4n) is 6.10. The molecule has 50 heavy (non-hydrogen) atoms. The van der Waals surface area contributed by atoms with Crippen molar-refractivity contribution < 1.29 is 71.8 Å². The molecule has 278 valence electrons. The van der Waals surface area contributed by atoms with Crippen molar-refractivity contribution in [2.45, 2.75) is 110 Å². The van der Waals surface area contributed by atoms with E-state index in [9.17, 15) is 9.90 Å². The number of nitrogens with one attached hydrogen (secondary N) is 3. The van der Waals surface area contributed by atoms with Gasteiger partial charge in [0.05, 0.1) is 30.8 Å². The predicted octanol–water partition coefficient (Wildman–Crippen LogP) is 4.04. The van der Waals surface area contributed by atoms with Gasteiger partial charge in [-0.25, -0.2) is 0 Å². The maximum atomic E-state index is 13.3. The largest absolute Gasteiger partial charge is 0.654 e. The Balaban J connectivity index is 0.00000118. The molecule has 1 amide bonds. The zero-order valence-electron chi connectivity index (χ0n) is 32.0. The standard InChI is InChI=1S/C25H38N5O3.C9H11N2.2C2H6.U.W/c1-6-12-27-14-20(29-21(26)7-2)25(4)23(31)19(15-30(25)5)28-24(32)18-10-8-9-17-16(3)11-13-33-22(17)18;1-10-9(5-6-9)8-4-2-3-7-11-8;2*1-2;;/h6,8-10,12,19-20,23,27,31H,7,11,13-15H2,1-5H3,(H2,26,29)(H,28,32);2-4,7H,5-6H2,1H3;2*1-2H3;;/q2*-1;;;;/p+1/b12-6-;;;;;. The molecule has 2 fully saturated rings. The van der Waals surface area contributed by atoms with E-state index in [1.807, 2.05) is 105 Å². The van der Waals surface area contributed by atoms with Crippen LogP contribution in [0.2, 0.25) is 0 Å². The number of ether oxygens (including phenoxy) is 1. The van der Waals surface area contributed by atoms with Gasteiger partial charge in [0.25, 0.3) is 0 Å². The molecule has 10 nitrogen and oxygen atoms in total. The van der Waals surface area contributed by atoms with Crippen LogP contribution >= 0.6 is 0 Å². The molecule has 0 spiro atoms. The number of allylic oxidation sites excluding steroid dienone is 1. The zero-order chi connectivity index (χ0) is 35.9. The fraction of sp³-hybridized carbons (Fsp3) is 0.579. The monoisotopic (exact) mass is 1090 g/mol. The van der Waals surface area contributed by atoms with Crippen LogP contribution in [0.15, 0.2) is 54.9 Å². The van der Waals surface area contributed by atoms with Gasteiger partial charge in [-0.3, -0.25) is 25.4 Å². The van der Waals surface area contributed by atoms with E-state index in [2.05, 4.69) is 43.8 Å². The maximum Gasteiger partial charge on any atom is 0.242 e. The first-order valence-electron chi connectivity index (χ1n) is 17.6. The number of benzene rings is 1. The molecule has 6 N–H and O–H groups in total. The number of aliphatic hydroxyl groups is 1. The number of hydrogen-bond donors (Lipinski definition) is 5. The summed E-state index contributed by atoms with van der Waals surface area (Å²) in [5.74, 6) is 2.27. The van der Waals surface area contributed by atoms with E-state index in [0.29, 0.717) is 43.3 Å². The molecular formula is C38H62N7O3UW-. The van der Waals surface area contributed by atoms with Crippen molar-refractivity contribution in [3.63, 3.8) is 0 Å². The van der Waals surface area contributed by atoms with Gasteiger partial charge in [0, 0.05) is 88.3 Å². The first-order chi connectivity index (χ1) is 23.1. The number of fused-ring (bicyclic) bond motifs is 1. The second kappa shape index (κ2) is 23.7. The minimum Gasteiger partial charge on any atom is -0.654 e. The Morgan fingerprint density at radius 2 is 1.92 bits per heavy atom. The average Bonchev–Trinajstić information content (AvgIpc) is 3.90. The Kier molecular flexibility index (Phi) is 22.8. The van der Waals surface area contributed by atoms with Gasteiger partial charge in [-0.1, -0.05) is 78.1 Å². The van der Waals surface area contributed by atoms with Crippen LogP contribution in [0.4, 0.5) is 0 Å². The van der Waals surface area contributed by atoms with E-state index in [1.165, 1.54) is 18.8 Å². The summed E-state index contributed by atoms with van der Waals surface area (Å²) in [6, 6.07) is 11.0. The Morgan fingerprint density at radius 1 is 1.24 bits per heavy atom. The van der Waals surface area contributed by atoms with E-state index in [0.717, 1.165) is 17.7 Å². The third kappa shape index (κ3) is 11.8. The summed E-state index contributed by atoms with van der Waals surface area (Å²) < 4.78 is 5.85. The molecule has 4 unspecified atom stereocenters. The minimum atomic E-state index is -0.810. The van der Waals surface area contributed by atoms with Gasteiger partial charge < -0.3 is 25.8 Å². The van der Waals surface area contributed by atoms with Gasteiger partial charge in [-0.15, -0.1) is 11.6 Å². The number of carbonyl (C=O) groups is 1. The minimum absolute atomic E-state index is 0. The molecule has 2 aromatic rings. The molecule has 12 heteroatoms. The first kappa shape index (κ1) is 48.1. The number of carbonyl (C=O) groups excluding carboxylic acids is 1. The number of rotatable bonds is 10. The van der Waals surface area contributed by atoms with Crippen LogP contribution < -0.4 is 26.1 Å². The number of amidine groups is 1. The number of aromatic nitrogens is 1. The van der Waals surface area contributed by atoms with E-state index >= 15 is 0 Å². The quantitative estimate of drug-likeness (QED) is 0.138. The molecule has 1 aromatic carbocycles. The summed E-state index contributed by atoms with van der Waals surface area (Å²) in [4.78, 5) is 23.0. The van der Waals surface area contributed by atoms with Crippen LogP contribution in [0.25, 0.3) is 5.32 Å². The van der Waals surface area contributed by atoms with Crippen LogP contribution in [0.5, 0.6) is 5.75 Å². The molecule has 0 bridgehead atoms. The van der Waals surface area contributed by atoms with Crippen molar-refractivity contribution in [1.82, 2.24) is 20.5 Å². The van der Waals surface area contributed by atoms with Crippen LogP contribution in [0.3, 0.4) is 0 Å². The van der Waals surface area contributed by atoms with Gasteiger partial charge >= 0.3 is 0 Å². The van der Waals surface area contributed by atoms with Crippen LogP contribution in [-0.2, 0) is 26.6 Å². The Labute approximate surface area is 340 Å². The number of pyridine rings is 1. The number of nitrogens with zero attached hydrogens (tertiary/aromatic N) is 3. The summed E-state index contributed by atoms with van der Waals surface area (Å²) in [6.07, 6.45) is 8.70. The average molecular weight is 1090 g/mol. The summed E-state index contributed by atoms with van der Waals surface area (Å²) in [6.45, 7) is 17.7. The predicted molar refractivity (Wildman–Crippen MR) is 197 cm³/mol. The van der Waals surface area contributed by atoms with E-state index in [1.54, 1.807) is 6.07 Å². The number of hydrogen-bond acceptors (Lipinski definition) is 6. The summed E-state index contributed by atoms with van der Waals surface area (Å²) in [7, 11) is 3.84. The molecule has 4 atom stereocenters. The molecule has 0 radical (unpaired) electrons. The Morgan fingerprint density at radius 3 is 2.48 bits per heavy atom. The Bertz CT molecular complexity index is 1330. The van der Waals surface area contributed by atoms with Gasteiger partial charge in [-0.05, 0) is 45.6 Å². The number of nitrogens with two attached hydrogens (primary N) is 1. The Hall–Kier alpha value is -1.86. The fourth-order valence-corrected chi connectivity index (χ4v) is 6.10. The third-order valence-corrected chi connectivity index (χ3v) is 9.38. The molecule has 3 aliphatic rings. The normalized spacial score (nSPS) is 22.2. The van der Waals surface area contributed by atoms with Gasteiger partial charge in [0.15, 0.2) is 0 Å². The van der Waals surface area contributed by atoms with Gasteiger partial charge in [0.1, 0.15) is 6.04 Å². The summed E-state index contributed by atoms with van der Waals surface area (Å²) in [5.41, 5.74) is 8.18. The second-order valence-corrected chi connectivity index (χ2v) is 12.1. The molecule has 2 aliphatic heterocycles. The molecular weight excluding hydrogens is 1020 g/mol.